The molecule has 1 heterocycles. The van der Waals surface area contributed by atoms with Gasteiger partial charge in [-0.15, -0.1) is 0 Å². The molecule has 18 heavy (non-hydrogen) atoms. The zero-order valence-corrected chi connectivity index (χ0v) is 11.3. The van der Waals surface area contributed by atoms with Gasteiger partial charge in [0.2, 0.25) is 5.91 Å². The van der Waals surface area contributed by atoms with E-state index in [4.69, 9.17) is 9.47 Å². The Morgan fingerprint density at radius 2 is 2.06 bits per heavy atom. The first-order chi connectivity index (χ1) is 8.70. The lowest BCUT2D eigenvalue weighted by molar-refractivity contribution is -0.153. The molecule has 0 aliphatic carbocycles. The summed E-state index contributed by atoms with van der Waals surface area (Å²) in [5.41, 5.74) is 0. The van der Waals surface area contributed by atoms with E-state index in [1.54, 1.807) is 11.8 Å². The number of rotatable bonds is 7. The van der Waals surface area contributed by atoms with Gasteiger partial charge >= 0.3 is 5.97 Å². The molecule has 0 radical (unpaired) electrons. The highest BCUT2D eigenvalue weighted by molar-refractivity contribution is 5.85. The maximum atomic E-state index is 12.0. The molecule has 0 aromatic carbocycles. The fourth-order valence-corrected chi connectivity index (χ4v) is 2.16. The Labute approximate surface area is 108 Å². The Bertz CT molecular complexity index is 280. The minimum atomic E-state index is -0.371. The third kappa shape index (κ3) is 4.29. The van der Waals surface area contributed by atoms with Gasteiger partial charge < -0.3 is 14.4 Å². The van der Waals surface area contributed by atoms with Crippen LogP contribution in [0.2, 0.25) is 0 Å². The summed E-state index contributed by atoms with van der Waals surface area (Å²) >= 11 is 0. The van der Waals surface area contributed by atoms with Crippen molar-refractivity contribution in [2.24, 2.45) is 0 Å². The average molecular weight is 257 g/mol. The topological polar surface area (TPSA) is 55.8 Å². The third-order valence-electron chi connectivity index (χ3n) is 3.02. The second-order valence-electron chi connectivity index (χ2n) is 4.30. The average Bonchev–Trinajstić information content (AvgIpc) is 2.84. The normalized spacial score (nSPS) is 19.0. The molecular weight excluding hydrogens is 234 g/mol. The van der Waals surface area contributed by atoms with Crippen LogP contribution in [0.4, 0.5) is 0 Å². The van der Waals surface area contributed by atoms with Gasteiger partial charge in [-0.05, 0) is 33.1 Å². The molecule has 0 N–H and O–H groups in total. The molecular formula is C13H23NO4. The Balaban J connectivity index is 2.38. The van der Waals surface area contributed by atoms with Crippen molar-refractivity contribution in [2.45, 2.75) is 45.6 Å². The Kier molecular flexibility index (Phi) is 6.72. The number of amides is 1. The first-order valence-electron chi connectivity index (χ1n) is 6.74. The van der Waals surface area contributed by atoms with Crippen LogP contribution in [-0.2, 0) is 19.1 Å². The highest BCUT2D eigenvalue weighted by atomic mass is 16.5. The van der Waals surface area contributed by atoms with Gasteiger partial charge in [0.25, 0.3) is 0 Å². The van der Waals surface area contributed by atoms with E-state index in [0.29, 0.717) is 39.2 Å². The highest BCUT2D eigenvalue weighted by Crippen LogP contribution is 2.19. The van der Waals surface area contributed by atoms with Crippen molar-refractivity contribution in [1.82, 2.24) is 4.90 Å². The number of nitrogens with zero attached hydrogens (tertiary/aromatic N) is 1. The minimum Gasteiger partial charge on any atom is -0.464 e. The molecule has 0 spiro atoms. The Hall–Kier alpha value is -1.10. The molecule has 0 aromatic heterocycles. The summed E-state index contributed by atoms with van der Waals surface area (Å²) in [5, 5.41) is 0. The smallest absolute Gasteiger partial charge is 0.328 e. The van der Waals surface area contributed by atoms with Crippen molar-refractivity contribution in [3.05, 3.63) is 0 Å². The minimum absolute atomic E-state index is 0.0326. The van der Waals surface area contributed by atoms with Gasteiger partial charge in [-0.3, -0.25) is 4.79 Å². The molecule has 0 bridgehead atoms. The van der Waals surface area contributed by atoms with Crippen molar-refractivity contribution >= 4 is 11.9 Å². The lowest BCUT2D eigenvalue weighted by atomic mass is 10.2. The van der Waals surface area contributed by atoms with Crippen LogP contribution in [-0.4, -0.2) is 49.2 Å². The van der Waals surface area contributed by atoms with E-state index in [1.807, 2.05) is 6.92 Å². The van der Waals surface area contributed by atoms with Crippen LogP contribution < -0.4 is 0 Å². The lowest BCUT2D eigenvalue weighted by Crippen LogP contribution is -2.41. The van der Waals surface area contributed by atoms with Crippen LogP contribution in [0.1, 0.15) is 39.5 Å². The molecule has 1 amide bonds. The van der Waals surface area contributed by atoms with Gasteiger partial charge in [0.05, 0.1) is 6.61 Å². The summed E-state index contributed by atoms with van der Waals surface area (Å²) in [5.74, 6) is -0.238. The number of esters is 1. The number of carbonyl (C=O) groups excluding carboxylic acids is 2. The standard InChI is InChI=1S/C13H23NO4/c1-3-17-10-6-8-12(15)14-9-5-7-11(14)13(16)18-4-2/h11H,3-10H2,1-2H3. The van der Waals surface area contributed by atoms with Crippen LogP contribution in [0.3, 0.4) is 0 Å². The van der Waals surface area contributed by atoms with E-state index >= 15 is 0 Å². The van der Waals surface area contributed by atoms with Crippen molar-refractivity contribution in [2.75, 3.05) is 26.4 Å². The zero-order chi connectivity index (χ0) is 13.4. The van der Waals surface area contributed by atoms with Crippen molar-refractivity contribution in [3.63, 3.8) is 0 Å². The molecule has 104 valence electrons. The monoisotopic (exact) mass is 257 g/mol. The second-order valence-corrected chi connectivity index (χ2v) is 4.30. The fraction of sp³-hybridized carbons (Fsp3) is 0.846. The molecule has 1 aliphatic heterocycles. The molecule has 1 rings (SSSR count). The van der Waals surface area contributed by atoms with E-state index in [9.17, 15) is 9.59 Å². The number of likely N-dealkylation sites (tertiary alicyclic amines) is 1. The first kappa shape index (κ1) is 15.0. The largest absolute Gasteiger partial charge is 0.464 e. The molecule has 1 fully saturated rings. The van der Waals surface area contributed by atoms with E-state index in [1.165, 1.54) is 0 Å². The van der Waals surface area contributed by atoms with Gasteiger partial charge in [-0.25, -0.2) is 4.79 Å². The van der Waals surface area contributed by atoms with Crippen LogP contribution in [0.25, 0.3) is 0 Å². The van der Waals surface area contributed by atoms with Gasteiger partial charge in [0.15, 0.2) is 0 Å². The first-order valence-corrected chi connectivity index (χ1v) is 6.74. The van der Waals surface area contributed by atoms with E-state index in [2.05, 4.69) is 0 Å². The number of hydrogen-bond donors (Lipinski definition) is 0. The summed E-state index contributed by atoms with van der Waals surface area (Å²) in [6, 6.07) is -0.371. The summed E-state index contributed by atoms with van der Waals surface area (Å²) < 4.78 is 10.2. The predicted octanol–water partition coefficient (Wildman–Crippen LogP) is 1.36. The molecule has 1 unspecified atom stereocenters. The Morgan fingerprint density at radius 3 is 2.72 bits per heavy atom. The number of ether oxygens (including phenoxy) is 2. The lowest BCUT2D eigenvalue weighted by Gasteiger charge is -2.23. The summed E-state index contributed by atoms with van der Waals surface area (Å²) in [6.45, 7) is 6.00. The molecule has 1 aliphatic rings. The van der Waals surface area contributed by atoms with Gasteiger partial charge in [-0.2, -0.15) is 0 Å². The highest BCUT2D eigenvalue weighted by Gasteiger charge is 2.34. The van der Waals surface area contributed by atoms with Crippen LogP contribution in [0.5, 0.6) is 0 Å². The maximum absolute atomic E-state index is 12.0. The third-order valence-corrected chi connectivity index (χ3v) is 3.02. The summed E-state index contributed by atoms with van der Waals surface area (Å²) in [7, 11) is 0. The van der Waals surface area contributed by atoms with Crippen molar-refractivity contribution in [3.8, 4) is 0 Å². The molecule has 0 saturated carbocycles. The van der Waals surface area contributed by atoms with Crippen molar-refractivity contribution < 1.29 is 19.1 Å². The van der Waals surface area contributed by atoms with E-state index < -0.39 is 0 Å². The maximum Gasteiger partial charge on any atom is 0.328 e. The zero-order valence-electron chi connectivity index (χ0n) is 11.3. The summed E-state index contributed by atoms with van der Waals surface area (Å²) in [4.78, 5) is 25.3. The van der Waals surface area contributed by atoms with E-state index in [0.717, 1.165) is 12.8 Å². The number of carbonyl (C=O) groups is 2. The van der Waals surface area contributed by atoms with E-state index in [-0.39, 0.29) is 17.9 Å². The van der Waals surface area contributed by atoms with Crippen molar-refractivity contribution in [1.29, 1.82) is 0 Å². The van der Waals surface area contributed by atoms with Gasteiger partial charge in [0, 0.05) is 26.2 Å². The quantitative estimate of drug-likeness (QED) is 0.510. The SMILES string of the molecule is CCOCCCC(=O)N1CCCC1C(=O)OCC. The Morgan fingerprint density at radius 1 is 1.28 bits per heavy atom. The van der Waals surface area contributed by atoms with Crippen LogP contribution in [0.15, 0.2) is 0 Å². The van der Waals surface area contributed by atoms with Gasteiger partial charge in [-0.1, -0.05) is 0 Å². The number of hydrogen-bond acceptors (Lipinski definition) is 4. The molecule has 5 nitrogen and oxygen atoms in total. The second kappa shape index (κ2) is 8.08. The summed E-state index contributed by atoms with van der Waals surface area (Å²) in [6.07, 6.45) is 2.74. The predicted molar refractivity (Wildman–Crippen MR) is 67.1 cm³/mol. The molecule has 5 heteroatoms. The molecule has 1 saturated heterocycles. The van der Waals surface area contributed by atoms with Gasteiger partial charge in [0.1, 0.15) is 6.04 Å². The fourth-order valence-electron chi connectivity index (χ4n) is 2.16. The molecule has 1 atom stereocenters. The van der Waals surface area contributed by atoms with Crippen LogP contribution >= 0.6 is 0 Å². The van der Waals surface area contributed by atoms with Crippen LogP contribution in [0, 0.1) is 0 Å². The molecule has 0 aromatic rings.